The van der Waals surface area contributed by atoms with E-state index in [-0.39, 0.29) is 17.8 Å². The Balaban J connectivity index is 2.28. The van der Waals surface area contributed by atoms with E-state index in [4.69, 9.17) is 11.1 Å². The third-order valence-corrected chi connectivity index (χ3v) is 3.65. The van der Waals surface area contributed by atoms with E-state index in [1.807, 2.05) is 0 Å². The van der Waals surface area contributed by atoms with Gasteiger partial charge in [0.1, 0.15) is 0 Å². The van der Waals surface area contributed by atoms with Crippen molar-refractivity contribution in [2.45, 2.75) is 31.5 Å². The number of hydrogen-bond acceptors (Lipinski definition) is 3. The smallest absolute Gasteiger partial charge is 0.387 e. The number of aliphatic imine (C=N–C) groups is 1. The Morgan fingerprint density at radius 1 is 0.966 bits per heavy atom. The van der Waals surface area contributed by atoms with E-state index in [0.717, 1.165) is 0 Å². The number of rotatable bonds is 7. The summed E-state index contributed by atoms with van der Waals surface area (Å²) in [5.41, 5.74) is 6.83. The molecule has 0 fully saturated rings. The van der Waals surface area contributed by atoms with E-state index in [1.165, 1.54) is 18.2 Å². The molecule has 2 aromatic carbocycles. The number of amidine groups is 1. The number of ether oxygens (including phenoxy) is 1. The third kappa shape index (κ3) is 6.90. The van der Waals surface area contributed by atoms with Crippen molar-refractivity contribution in [2.75, 3.05) is 0 Å². The van der Waals surface area contributed by atoms with Crippen LogP contribution < -0.4 is 5.73 Å². The van der Waals surface area contributed by atoms with Crippen LogP contribution in [-0.2, 0) is 11.3 Å². The first kappa shape index (κ1) is 22.4. The van der Waals surface area contributed by atoms with Crippen molar-refractivity contribution in [3.8, 4) is 0 Å². The second kappa shape index (κ2) is 9.08. The minimum absolute atomic E-state index is 0.0487. The fraction of sp³-hybridized carbons (Fsp3) is 0.263. The van der Waals surface area contributed by atoms with E-state index in [1.54, 1.807) is 36.4 Å². The molecule has 0 heterocycles. The lowest BCUT2D eigenvalue weighted by atomic mass is 10.0. The third-order valence-electron chi connectivity index (χ3n) is 3.65. The number of nitrogens with two attached hydrogens (primary N) is 1. The summed E-state index contributed by atoms with van der Waals surface area (Å²) in [7, 11) is 0. The molecule has 3 N–H and O–H groups in total. The van der Waals surface area contributed by atoms with Crippen molar-refractivity contribution in [2.24, 2.45) is 10.7 Å². The van der Waals surface area contributed by atoms with Gasteiger partial charge < -0.3 is 10.5 Å². The highest BCUT2D eigenvalue weighted by molar-refractivity contribution is 6.11. The maximum atomic E-state index is 12.6. The molecule has 0 saturated heterocycles. The van der Waals surface area contributed by atoms with Gasteiger partial charge in [-0.2, -0.15) is 26.3 Å². The predicted octanol–water partition coefficient (Wildman–Crippen LogP) is 5.14. The summed E-state index contributed by atoms with van der Waals surface area (Å²) >= 11 is 0. The second-order valence-corrected chi connectivity index (χ2v) is 6.07. The van der Waals surface area contributed by atoms with Crippen molar-refractivity contribution in [1.29, 1.82) is 5.41 Å². The minimum Gasteiger partial charge on any atom is -0.387 e. The lowest BCUT2D eigenvalue weighted by Gasteiger charge is -2.23. The maximum Gasteiger partial charge on any atom is 0.423 e. The fourth-order valence-electron chi connectivity index (χ4n) is 2.44. The minimum atomic E-state index is -5.58. The average molecular weight is 417 g/mol. The first-order chi connectivity index (χ1) is 13.5. The highest BCUT2D eigenvalue weighted by Gasteiger charge is 2.57. The van der Waals surface area contributed by atoms with Gasteiger partial charge in [0.15, 0.2) is 0 Å². The monoisotopic (exact) mass is 417 g/mol. The van der Waals surface area contributed by atoms with Crippen LogP contribution >= 0.6 is 0 Å². The average Bonchev–Trinajstić information content (AvgIpc) is 2.60. The number of para-hydroxylation sites is 1. The number of alkyl halides is 6. The summed E-state index contributed by atoms with van der Waals surface area (Å²) in [4.78, 5) is 4.38. The van der Waals surface area contributed by atoms with Crippen molar-refractivity contribution < 1.29 is 31.1 Å². The SMILES string of the molecule is N=C(N)CC(=Nc1ccccc1)c1cccc(COC(C(F)(F)F)C(F)(F)F)c1. The van der Waals surface area contributed by atoms with Gasteiger partial charge in [-0.3, -0.25) is 10.4 Å². The van der Waals surface area contributed by atoms with Gasteiger partial charge in [0.25, 0.3) is 0 Å². The van der Waals surface area contributed by atoms with Crippen LogP contribution in [0.1, 0.15) is 17.5 Å². The molecular weight excluding hydrogens is 400 g/mol. The van der Waals surface area contributed by atoms with Crippen LogP contribution in [-0.4, -0.2) is 30.0 Å². The van der Waals surface area contributed by atoms with E-state index >= 15 is 0 Å². The first-order valence-electron chi connectivity index (χ1n) is 8.26. The van der Waals surface area contributed by atoms with E-state index in [9.17, 15) is 26.3 Å². The molecule has 29 heavy (non-hydrogen) atoms. The van der Waals surface area contributed by atoms with Gasteiger partial charge in [-0.05, 0) is 29.3 Å². The highest BCUT2D eigenvalue weighted by atomic mass is 19.4. The Labute approximate surface area is 162 Å². The number of nitrogens with zero attached hydrogens (tertiary/aromatic N) is 1. The summed E-state index contributed by atoms with van der Waals surface area (Å²) < 4.78 is 79.8. The zero-order valence-electron chi connectivity index (χ0n) is 14.9. The van der Waals surface area contributed by atoms with Gasteiger partial charge in [-0.15, -0.1) is 0 Å². The van der Waals surface area contributed by atoms with Crippen LogP contribution in [0, 0.1) is 5.41 Å². The van der Waals surface area contributed by atoms with Crippen molar-refractivity contribution in [3.05, 3.63) is 65.7 Å². The number of halogens is 6. The molecule has 0 aliphatic heterocycles. The van der Waals surface area contributed by atoms with E-state index in [0.29, 0.717) is 17.0 Å². The number of hydrogen-bond donors (Lipinski definition) is 2. The summed E-state index contributed by atoms with van der Waals surface area (Å²) in [6.07, 6.45) is -15.1. The van der Waals surface area contributed by atoms with Gasteiger partial charge in [-0.25, -0.2) is 0 Å². The van der Waals surface area contributed by atoms with Crippen LogP contribution in [0.5, 0.6) is 0 Å². The van der Waals surface area contributed by atoms with Crippen LogP contribution in [0.3, 0.4) is 0 Å². The Kier molecular flexibility index (Phi) is 7.02. The van der Waals surface area contributed by atoms with Crippen molar-refractivity contribution in [3.63, 3.8) is 0 Å². The molecule has 0 amide bonds. The topological polar surface area (TPSA) is 71.5 Å². The van der Waals surface area contributed by atoms with Gasteiger partial charge in [0.05, 0.1) is 23.8 Å². The van der Waals surface area contributed by atoms with Crippen molar-refractivity contribution in [1.82, 2.24) is 0 Å². The highest BCUT2D eigenvalue weighted by Crippen LogP contribution is 2.36. The molecule has 0 spiro atoms. The summed E-state index contributed by atoms with van der Waals surface area (Å²) in [5.74, 6) is -0.199. The molecule has 0 radical (unpaired) electrons. The Morgan fingerprint density at radius 3 is 2.14 bits per heavy atom. The van der Waals surface area contributed by atoms with E-state index < -0.39 is 25.1 Å². The summed E-state index contributed by atoms with van der Waals surface area (Å²) in [5, 5.41) is 7.49. The lowest BCUT2D eigenvalue weighted by Crippen LogP contribution is -2.44. The normalized spacial score (nSPS) is 13.0. The van der Waals surface area contributed by atoms with Gasteiger partial charge in [-0.1, -0.05) is 36.4 Å². The molecule has 156 valence electrons. The molecule has 2 aromatic rings. The molecule has 10 heteroatoms. The molecule has 4 nitrogen and oxygen atoms in total. The Hall–Kier alpha value is -2.88. The summed E-state index contributed by atoms with van der Waals surface area (Å²) in [6, 6.07) is 14.4. The predicted molar refractivity (Wildman–Crippen MR) is 96.3 cm³/mol. The van der Waals surface area contributed by atoms with Crippen LogP contribution in [0.2, 0.25) is 0 Å². The number of benzene rings is 2. The largest absolute Gasteiger partial charge is 0.423 e. The zero-order chi connectivity index (χ0) is 21.7. The standard InChI is InChI=1S/C19H17F6N3O/c20-18(21,22)17(19(23,24)25)29-11-12-5-4-6-13(9-12)15(10-16(26)27)28-14-7-2-1-3-8-14/h1-9,17H,10-11H2,(H3,26,27). The molecule has 2 rings (SSSR count). The quantitative estimate of drug-likeness (QED) is 0.372. The molecule has 0 aromatic heterocycles. The Bertz CT molecular complexity index is 848. The van der Waals surface area contributed by atoms with Gasteiger partial charge in [0, 0.05) is 6.42 Å². The summed E-state index contributed by atoms with van der Waals surface area (Å²) in [6.45, 7) is -0.907. The fourth-order valence-corrected chi connectivity index (χ4v) is 2.44. The van der Waals surface area contributed by atoms with Crippen LogP contribution in [0.25, 0.3) is 0 Å². The van der Waals surface area contributed by atoms with Crippen molar-refractivity contribution >= 4 is 17.2 Å². The molecule has 0 aliphatic rings. The molecule has 0 bridgehead atoms. The first-order valence-corrected chi connectivity index (χ1v) is 8.26. The van der Waals surface area contributed by atoms with Gasteiger partial charge >= 0.3 is 12.4 Å². The van der Waals surface area contributed by atoms with E-state index in [2.05, 4.69) is 9.73 Å². The lowest BCUT2D eigenvalue weighted by molar-refractivity contribution is -0.324. The Morgan fingerprint density at radius 2 is 1.59 bits per heavy atom. The molecule has 0 aliphatic carbocycles. The number of nitrogens with one attached hydrogen (secondary N) is 1. The van der Waals surface area contributed by atoms with Crippen LogP contribution in [0.15, 0.2) is 59.6 Å². The molecule has 0 saturated carbocycles. The molecule has 0 atom stereocenters. The maximum absolute atomic E-state index is 12.6. The second-order valence-electron chi connectivity index (χ2n) is 6.07. The van der Waals surface area contributed by atoms with Gasteiger partial charge in [0.2, 0.25) is 6.10 Å². The zero-order valence-corrected chi connectivity index (χ0v) is 14.9. The molecule has 0 unspecified atom stereocenters. The van der Waals surface area contributed by atoms with Crippen LogP contribution in [0.4, 0.5) is 32.0 Å². The molecular formula is C19H17F6N3O.